The second-order valence-electron chi connectivity index (χ2n) is 4.90. The van der Waals surface area contributed by atoms with Crippen LogP contribution in [0.1, 0.15) is 30.5 Å². The molecule has 1 atom stereocenters. The molecule has 2 aromatic rings. The Bertz CT molecular complexity index is 568. The van der Waals surface area contributed by atoms with Gasteiger partial charge in [0, 0.05) is 29.9 Å². The van der Waals surface area contributed by atoms with Crippen LogP contribution in [0.15, 0.2) is 30.6 Å². The first-order valence-electron chi connectivity index (χ1n) is 6.76. The van der Waals surface area contributed by atoms with Crippen molar-refractivity contribution >= 4 is 11.6 Å². The molecule has 1 aromatic heterocycles. The minimum atomic E-state index is -0.230. The number of halogens is 2. The third kappa shape index (κ3) is 3.81. The van der Waals surface area contributed by atoms with Crippen LogP contribution in [0.25, 0.3) is 0 Å². The van der Waals surface area contributed by atoms with E-state index in [0.717, 1.165) is 18.5 Å². The molecule has 1 heterocycles. The number of hydrogen-bond acceptors (Lipinski definition) is 2. The lowest BCUT2D eigenvalue weighted by Gasteiger charge is -2.19. The standard InChI is InChI=1S/C15H19ClFN3/c1-3-6-18-15(7-11-9-19-20(2)10-11)13-8-12(16)4-5-14(13)17/h4-5,8-10,15,18H,3,6-7H2,1-2H3. The lowest BCUT2D eigenvalue weighted by atomic mass is 10.00. The summed E-state index contributed by atoms with van der Waals surface area (Å²) in [5.41, 5.74) is 1.68. The van der Waals surface area contributed by atoms with Crippen molar-refractivity contribution in [3.63, 3.8) is 0 Å². The molecule has 3 nitrogen and oxygen atoms in total. The molecule has 0 amide bonds. The Kier molecular flexibility index (Phi) is 5.15. The van der Waals surface area contributed by atoms with Crippen LogP contribution in [0.2, 0.25) is 5.02 Å². The van der Waals surface area contributed by atoms with Crippen molar-refractivity contribution in [2.24, 2.45) is 7.05 Å². The third-order valence-corrected chi connectivity index (χ3v) is 3.41. The monoisotopic (exact) mass is 295 g/mol. The van der Waals surface area contributed by atoms with E-state index in [1.807, 2.05) is 19.4 Å². The van der Waals surface area contributed by atoms with Crippen molar-refractivity contribution in [2.75, 3.05) is 6.54 Å². The average Bonchev–Trinajstić information content (AvgIpc) is 2.83. The SMILES string of the molecule is CCCNC(Cc1cnn(C)c1)c1cc(Cl)ccc1F. The average molecular weight is 296 g/mol. The van der Waals surface area contributed by atoms with E-state index in [1.165, 1.54) is 6.07 Å². The molecule has 0 fully saturated rings. The van der Waals surface area contributed by atoms with Gasteiger partial charge in [0.2, 0.25) is 0 Å². The first kappa shape index (κ1) is 15.0. The minimum Gasteiger partial charge on any atom is -0.310 e. The quantitative estimate of drug-likeness (QED) is 0.884. The summed E-state index contributed by atoms with van der Waals surface area (Å²) in [6.07, 6.45) is 5.43. The predicted octanol–water partition coefficient (Wildman–Crippen LogP) is 3.50. The molecule has 0 aliphatic rings. The van der Waals surface area contributed by atoms with Crippen LogP contribution in [0.3, 0.4) is 0 Å². The first-order chi connectivity index (χ1) is 9.60. The molecule has 0 saturated carbocycles. The summed E-state index contributed by atoms with van der Waals surface area (Å²) in [4.78, 5) is 0. The van der Waals surface area contributed by atoms with Crippen LogP contribution < -0.4 is 5.32 Å². The van der Waals surface area contributed by atoms with Crippen LogP contribution >= 0.6 is 11.6 Å². The molecule has 1 aromatic carbocycles. The van der Waals surface area contributed by atoms with E-state index < -0.39 is 0 Å². The molecule has 108 valence electrons. The molecule has 0 bridgehead atoms. The van der Waals surface area contributed by atoms with Crippen molar-refractivity contribution in [2.45, 2.75) is 25.8 Å². The number of nitrogens with zero attached hydrogens (tertiary/aromatic N) is 2. The summed E-state index contributed by atoms with van der Waals surface area (Å²) in [5, 5.41) is 8.08. The molecule has 1 unspecified atom stereocenters. The summed E-state index contributed by atoms with van der Waals surface area (Å²) >= 11 is 5.99. The largest absolute Gasteiger partial charge is 0.310 e. The highest BCUT2D eigenvalue weighted by molar-refractivity contribution is 6.30. The molecular weight excluding hydrogens is 277 g/mol. The van der Waals surface area contributed by atoms with Gasteiger partial charge in [-0.25, -0.2) is 4.39 Å². The van der Waals surface area contributed by atoms with Gasteiger partial charge in [0.25, 0.3) is 0 Å². The van der Waals surface area contributed by atoms with Crippen molar-refractivity contribution in [3.8, 4) is 0 Å². The Labute approximate surface area is 123 Å². The van der Waals surface area contributed by atoms with E-state index in [4.69, 9.17) is 11.6 Å². The highest BCUT2D eigenvalue weighted by Crippen LogP contribution is 2.24. The summed E-state index contributed by atoms with van der Waals surface area (Å²) in [6, 6.07) is 4.58. The van der Waals surface area contributed by atoms with Crippen molar-refractivity contribution < 1.29 is 4.39 Å². The Morgan fingerprint density at radius 2 is 2.25 bits per heavy atom. The lowest BCUT2D eigenvalue weighted by Crippen LogP contribution is -2.25. The number of aryl methyl sites for hydroxylation is 1. The molecule has 0 radical (unpaired) electrons. The number of hydrogen-bond donors (Lipinski definition) is 1. The van der Waals surface area contributed by atoms with Gasteiger partial charge in [-0.2, -0.15) is 5.10 Å². The zero-order chi connectivity index (χ0) is 14.5. The maximum Gasteiger partial charge on any atom is 0.128 e. The second-order valence-corrected chi connectivity index (χ2v) is 5.34. The fraction of sp³-hybridized carbons (Fsp3) is 0.400. The van der Waals surface area contributed by atoms with E-state index in [9.17, 15) is 4.39 Å². The van der Waals surface area contributed by atoms with Gasteiger partial charge in [0.15, 0.2) is 0 Å². The fourth-order valence-corrected chi connectivity index (χ4v) is 2.39. The number of aromatic nitrogens is 2. The van der Waals surface area contributed by atoms with Gasteiger partial charge in [-0.15, -0.1) is 0 Å². The van der Waals surface area contributed by atoms with Crippen molar-refractivity contribution in [1.82, 2.24) is 15.1 Å². The van der Waals surface area contributed by atoms with Crippen LogP contribution in [0.5, 0.6) is 0 Å². The molecule has 0 spiro atoms. The normalized spacial score (nSPS) is 12.6. The van der Waals surface area contributed by atoms with Crippen LogP contribution in [0.4, 0.5) is 4.39 Å². The molecule has 5 heteroatoms. The maximum absolute atomic E-state index is 14.0. The Morgan fingerprint density at radius 1 is 1.45 bits per heavy atom. The lowest BCUT2D eigenvalue weighted by molar-refractivity contribution is 0.497. The summed E-state index contributed by atoms with van der Waals surface area (Å²) in [7, 11) is 1.87. The maximum atomic E-state index is 14.0. The number of benzene rings is 1. The van der Waals surface area contributed by atoms with E-state index in [2.05, 4.69) is 17.3 Å². The third-order valence-electron chi connectivity index (χ3n) is 3.17. The van der Waals surface area contributed by atoms with Crippen LogP contribution in [-0.2, 0) is 13.5 Å². The first-order valence-corrected chi connectivity index (χ1v) is 7.13. The smallest absolute Gasteiger partial charge is 0.128 e. The number of rotatable bonds is 6. The van der Waals surface area contributed by atoms with Crippen LogP contribution in [-0.4, -0.2) is 16.3 Å². The van der Waals surface area contributed by atoms with Gasteiger partial charge >= 0.3 is 0 Å². The van der Waals surface area contributed by atoms with Gasteiger partial charge in [-0.3, -0.25) is 4.68 Å². The van der Waals surface area contributed by atoms with E-state index in [-0.39, 0.29) is 11.9 Å². The molecular formula is C15H19ClFN3. The molecule has 0 aliphatic heterocycles. The summed E-state index contributed by atoms with van der Waals surface area (Å²) in [6.45, 7) is 2.92. The molecule has 0 saturated heterocycles. The van der Waals surface area contributed by atoms with E-state index >= 15 is 0 Å². The van der Waals surface area contributed by atoms with Crippen LogP contribution in [0, 0.1) is 5.82 Å². The highest BCUT2D eigenvalue weighted by Gasteiger charge is 2.17. The van der Waals surface area contributed by atoms with Gasteiger partial charge in [0.1, 0.15) is 5.82 Å². The molecule has 0 aliphatic carbocycles. The van der Waals surface area contributed by atoms with Crippen molar-refractivity contribution in [3.05, 3.63) is 52.6 Å². The predicted molar refractivity (Wildman–Crippen MR) is 79.4 cm³/mol. The molecule has 20 heavy (non-hydrogen) atoms. The number of nitrogens with one attached hydrogen (secondary N) is 1. The Morgan fingerprint density at radius 3 is 2.90 bits per heavy atom. The highest BCUT2D eigenvalue weighted by atomic mass is 35.5. The summed E-state index contributed by atoms with van der Waals surface area (Å²) in [5.74, 6) is -0.230. The van der Waals surface area contributed by atoms with Gasteiger partial charge < -0.3 is 5.32 Å². The fourth-order valence-electron chi connectivity index (χ4n) is 2.21. The van der Waals surface area contributed by atoms with Gasteiger partial charge in [0.05, 0.1) is 6.20 Å². The minimum absolute atomic E-state index is 0.0992. The van der Waals surface area contributed by atoms with E-state index in [1.54, 1.807) is 16.8 Å². The zero-order valence-corrected chi connectivity index (χ0v) is 12.5. The second kappa shape index (κ2) is 6.86. The molecule has 2 rings (SSSR count). The van der Waals surface area contributed by atoms with E-state index in [0.29, 0.717) is 17.0 Å². The zero-order valence-electron chi connectivity index (χ0n) is 11.7. The van der Waals surface area contributed by atoms with Gasteiger partial charge in [-0.1, -0.05) is 18.5 Å². The molecule has 1 N–H and O–H groups in total. The van der Waals surface area contributed by atoms with Crippen molar-refractivity contribution in [1.29, 1.82) is 0 Å². The summed E-state index contributed by atoms with van der Waals surface area (Å²) < 4.78 is 15.8. The Balaban J connectivity index is 2.24. The Hall–Kier alpha value is -1.39. The van der Waals surface area contributed by atoms with Gasteiger partial charge in [-0.05, 0) is 43.1 Å². The topological polar surface area (TPSA) is 29.9 Å².